The maximum Gasteiger partial charge on any atom is 0.338 e. The molecule has 6 heteroatoms. The van der Waals surface area contributed by atoms with Gasteiger partial charge in [0.1, 0.15) is 6.61 Å². The molecule has 0 saturated carbocycles. The topological polar surface area (TPSA) is 72.9 Å². The highest BCUT2D eigenvalue weighted by Crippen LogP contribution is 2.22. The van der Waals surface area contributed by atoms with E-state index < -0.39 is 11.9 Å². The van der Waals surface area contributed by atoms with Crippen LogP contribution in [0, 0.1) is 0 Å². The van der Waals surface area contributed by atoms with E-state index in [1.54, 1.807) is 53.4 Å². The van der Waals surface area contributed by atoms with Gasteiger partial charge in [-0.3, -0.25) is 4.79 Å². The molecular weight excluding hydrogens is 334 g/mol. The fourth-order valence-corrected chi connectivity index (χ4v) is 2.79. The highest BCUT2D eigenvalue weighted by atomic mass is 16.5. The quantitative estimate of drug-likeness (QED) is 0.773. The number of benzene rings is 2. The standard InChI is InChI=1S/C20H19NO5/c1-25-19(23)15-6-4-14(5-7-15)13-26-20(24)16-8-10-17(11-9-16)21-12-2-3-18(21)22/h4-11H,2-3,12-13H2,1H3. The Balaban J connectivity index is 1.58. The van der Waals surface area contributed by atoms with Crippen molar-refractivity contribution in [2.45, 2.75) is 19.4 Å². The highest BCUT2D eigenvalue weighted by molar-refractivity contribution is 5.96. The van der Waals surface area contributed by atoms with Gasteiger partial charge in [0, 0.05) is 18.7 Å². The molecule has 1 fully saturated rings. The Morgan fingerprint density at radius 3 is 2.15 bits per heavy atom. The predicted octanol–water partition coefficient (Wildman–Crippen LogP) is 2.96. The van der Waals surface area contributed by atoms with E-state index in [1.807, 2.05) is 0 Å². The molecule has 1 heterocycles. The number of esters is 2. The van der Waals surface area contributed by atoms with Gasteiger partial charge in [-0.25, -0.2) is 9.59 Å². The molecule has 1 aliphatic heterocycles. The molecule has 0 atom stereocenters. The van der Waals surface area contributed by atoms with Gasteiger partial charge in [0.2, 0.25) is 5.91 Å². The van der Waals surface area contributed by atoms with Crippen molar-refractivity contribution >= 4 is 23.5 Å². The van der Waals surface area contributed by atoms with Crippen molar-refractivity contribution in [3.8, 4) is 0 Å². The first-order valence-electron chi connectivity index (χ1n) is 8.33. The van der Waals surface area contributed by atoms with E-state index in [-0.39, 0.29) is 12.5 Å². The molecule has 0 aliphatic carbocycles. The summed E-state index contributed by atoms with van der Waals surface area (Å²) in [6, 6.07) is 13.5. The van der Waals surface area contributed by atoms with Gasteiger partial charge in [0.15, 0.2) is 0 Å². The van der Waals surface area contributed by atoms with Crippen LogP contribution in [-0.2, 0) is 20.9 Å². The van der Waals surface area contributed by atoms with E-state index in [2.05, 4.69) is 4.74 Å². The van der Waals surface area contributed by atoms with Gasteiger partial charge in [0.05, 0.1) is 18.2 Å². The number of carbonyl (C=O) groups excluding carboxylic acids is 3. The number of nitrogens with zero attached hydrogens (tertiary/aromatic N) is 1. The van der Waals surface area contributed by atoms with Crippen LogP contribution in [0.15, 0.2) is 48.5 Å². The predicted molar refractivity (Wildman–Crippen MR) is 94.9 cm³/mol. The van der Waals surface area contributed by atoms with E-state index >= 15 is 0 Å². The second kappa shape index (κ2) is 7.82. The number of anilines is 1. The first-order chi connectivity index (χ1) is 12.6. The number of hydrogen-bond acceptors (Lipinski definition) is 5. The van der Waals surface area contributed by atoms with Crippen molar-refractivity contribution < 1.29 is 23.9 Å². The SMILES string of the molecule is COC(=O)c1ccc(COC(=O)c2ccc(N3CCCC3=O)cc2)cc1. The van der Waals surface area contributed by atoms with Crippen molar-refractivity contribution in [2.75, 3.05) is 18.6 Å². The molecule has 2 aromatic carbocycles. The van der Waals surface area contributed by atoms with Crippen LogP contribution < -0.4 is 4.90 Å². The van der Waals surface area contributed by atoms with E-state index in [9.17, 15) is 14.4 Å². The highest BCUT2D eigenvalue weighted by Gasteiger charge is 2.21. The number of rotatable bonds is 5. The second-order valence-corrected chi connectivity index (χ2v) is 5.96. The largest absolute Gasteiger partial charge is 0.465 e. The van der Waals surface area contributed by atoms with Crippen LogP contribution in [0.25, 0.3) is 0 Å². The van der Waals surface area contributed by atoms with E-state index in [0.29, 0.717) is 24.1 Å². The first-order valence-corrected chi connectivity index (χ1v) is 8.33. The Kier molecular flexibility index (Phi) is 5.31. The summed E-state index contributed by atoms with van der Waals surface area (Å²) in [6.07, 6.45) is 1.43. The van der Waals surface area contributed by atoms with Gasteiger partial charge in [-0.05, 0) is 48.4 Å². The lowest BCUT2D eigenvalue weighted by molar-refractivity contribution is -0.117. The monoisotopic (exact) mass is 353 g/mol. The normalized spacial score (nSPS) is 13.6. The molecule has 1 aliphatic rings. The van der Waals surface area contributed by atoms with Crippen LogP contribution in [0.2, 0.25) is 0 Å². The summed E-state index contributed by atoms with van der Waals surface area (Å²) in [7, 11) is 1.32. The lowest BCUT2D eigenvalue weighted by atomic mass is 10.1. The molecule has 6 nitrogen and oxygen atoms in total. The van der Waals surface area contributed by atoms with Crippen LogP contribution >= 0.6 is 0 Å². The zero-order valence-corrected chi connectivity index (χ0v) is 14.4. The Hall–Kier alpha value is -3.15. The van der Waals surface area contributed by atoms with Gasteiger partial charge in [-0.15, -0.1) is 0 Å². The fraction of sp³-hybridized carbons (Fsp3) is 0.250. The van der Waals surface area contributed by atoms with Gasteiger partial charge < -0.3 is 14.4 Å². The molecule has 0 bridgehead atoms. The zero-order valence-electron chi connectivity index (χ0n) is 14.4. The molecule has 3 rings (SSSR count). The van der Waals surface area contributed by atoms with Gasteiger partial charge in [0.25, 0.3) is 0 Å². The summed E-state index contributed by atoms with van der Waals surface area (Å²) < 4.78 is 9.93. The van der Waals surface area contributed by atoms with Crippen LogP contribution in [0.3, 0.4) is 0 Å². The molecule has 134 valence electrons. The third-order valence-corrected chi connectivity index (χ3v) is 4.23. The molecule has 2 aromatic rings. The number of hydrogen-bond donors (Lipinski definition) is 0. The zero-order chi connectivity index (χ0) is 18.5. The summed E-state index contributed by atoms with van der Waals surface area (Å²) in [5.74, 6) is -0.748. The van der Waals surface area contributed by atoms with Crippen LogP contribution in [0.1, 0.15) is 39.1 Å². The number of amides is 1. The molecule has 1 amide bonds. The average molecular weight is 353 g/mol. The van der Waals surface area contributed by atoms with Crippen LogP contribution in [-0.4, -0.2) is 31.5 Å². The fourth-order valence-electron chi connectivity index (χ4n) is 2.79. The number of ether oxygens (including phenoxy) is 2. The van der Waals surface area contributed by atoms with Crippen LogP contribution in [0.4, 0.5) is 5.69 Å². The van der Waals surface area contributed by atoms with Gasteiger partial charge >= 0.3 is 11.9 Å². The van der Waals surface area contributed by atoms with E-state index in [0.717, 1.165) is 17.7 Å². The maximum absolute atomic E-state index is 12.2. The smallest absolute Gasteiger partial charge is 0.338 e. The minimum absolute atomic E-state index is 0.104. The molecule has 0 aromatic heterocycles. The van der Waals surface area contributed by atoms with Crippen molar-refractivity contribution in [3.05, 3.63) is 65.2 Å². The second-order valence-electron chi connectivity index (χ2n) is 5.96. The molecule has 1 saturated heterocycles. The van der Waals surface area contributed by atoms with Crippen molar-refractivity contribution in [3.63, 3.8) is 0 Å². The maximum atomic E-state index is 12.2. The Bertz CT molecular complexity index is 811. The van der Waals surface area contributed by atoms with Gasteiger partial charge in [-0.2, -0.15) is 0 Å². The lowest BCUT2D eigenvalue weighted by Gasteiger charge is -2.15. The van der Waals surface area contributed by atoms with E-state index in [1.165, 1.54) is 7.11 Å². The Morgan fingerprint density at radius 1 is 0.962 bits per heavy atom. The lowest BCUT2D eigenvalue weighted by Crippen LogP contribution is -2.23. The third kappa shape index (κ3) is 3.91. The van der Waals surface area contributed by atoms with Crippen molar-refractivity contribution in [1.82, 2.24) is 0 Å². The third-order valence-electron chi connectivity index (χ3n) is 4.23. The summed E-state index contributed by atoms with van der Waals surface area (Å²) >= 11 is 0. The van der Waals surface area contributed by atoms with Crippen molar-refractivity contribution in [2.24, 2.45) is 0 Å². The molecule has 26 heavy (non-hydrogen) atoms. The number of carbonyl (C=O) groups is 3. The summed E-state index contributed by atoms with van der Waals surface area (Å²) in [5.41, 5.74) is 2.42. The summed E-state index contributed by atoms with van der Waals surface area (Å²) in [5, 5.41) is 0. The minimum Gasteiger partial charge on any atom is -0.465 e. The Morgan fingerprint density at radius 2 is 1.58 bits per heavy atom. The average Bonchev–Trinajstić information content (AvgIpc) is 3.12. The summed E-state index contributed by atoms with van der Waals surface area (Å²) in [6.45, 7) is 0.816. The minimum atomic E-state index is -0.443. The van der Waals surface area contributed by atoms with E-state index in [4.69, 9.17) is 4.74 Å². The molecule has 0 unspecified atom stereocenters. The molecule has 0 N–H and O–H groups in total. The Labute approximate surface area is 151 Å². The molecule has 0 spiro atoms. The summed E-state index contributed by atoms with van der Waals surface area (Å²) in [4.78, 5) is 37.0. The van der Waals surface area contributed by atoms with Crippen molar-refractivity contribution in [1.29, 1.82) is 0 Å². The van der Waals surface area contributed by atoms with Crippen LogP contribution in [0.5, 0.6) is 0 Å². The molecule has 0 radical (unpaired) electrons. The number of methoxy groups -OCH3 is 1. The molecular formula is C20H19NO5. The van der Waals surface area contributed by atoms with Gasteiger partial charge in [-0.1, -0.05) is 12.1 Å². The first kappa shape index (κ1) is 17.7.